The second-order valence-electron chi connectivity index (χ2n) is 4.61. The normalized spacial score (nSPS) is 11.2. The van der Waals surface area contributed by atoms with Crippen LogP contribution in [0.3, 0.4) is 0 Å². The van der Waals surface area contributed by atoms with E-state index in [1.807, 2.05) is 0 Å². The molecule has 0 N–H and O–H groups in total. The van der Waals surface area contributed by atoms with E-state index >= 15 is 0 Å². The standard InChI is InChI=1S/C15H12ClFO4S/c1-22(19,20)13-6-3-10(4-7-13)15(18)21-9-11-2-5-12(17)8-14(11)16/h2-8H,9H2,1H3. The Morgan fingerprint density at radius 3 is 2.36 bits per heavy atom. The molecule has 0 bridgehead atoms. The number of benzene rings is 2. The lowest BCUT2D eigenvalue weighted by Crippen LogP contribution is -2.06. The Labute approximate surface area is 132 Å². The third kappa shape index (κ3) is 4.05. The van der Waals surface area contributed by atoms with Gasteiger partial charge in [0, 0.05) is 11.8 Å². The summed E-state index contributed by atoms with van der Waals surface area (Å²) in [6.07, 6.45) is 1.08. The molecule has 2 aromatic rings. The first-order valence-corrected chi connectivity index (χ1v) is 8.45. The highest BCUT2D eigenvalue weighted by molar-refractivity contribution is 7.90. The van der Waals surface area contributed by atoms with Gasteiger partial charge < -0.3 is 4.74 Å². The average Bonchev–Trinajstić information content (AvgIpc) is 2.45. The van der Waals surface area contributed by atoms with Crippen LogP contribution < -0.4 is 0 Å². The molecule has 0 aliphatic heterocycles. The molecule has 0 radical (unpaired) electrons. The van der Waals surface area contributed by atoms with Crippen molar-refractivity contribution in [2.45, 2.75) is 11.5 Å². The third-order valence-electron chi connectivity index (χ3n) is 2.89. The van der Waals surface area contributed by atoms with Gasteiger partial charge in [0.05, 0.1) is 15.5 Å². The van der Waals surface area contributed by atoms with Gasteiger partial charge in [-0.25, -0.2) is 17.6 Å². The molecule has 0 aromatic heterocycles. The van der Waals surface area contributed by atoms with Crippen LogP contribution in [-0.4, -0.2) is 20.6 Å². The van der Waals surface area contributed by atoms with Crippen molar-refractivity contribution in [3.63, 3.8) is 0 Å². The molecule has 2 rings (SSSR count). The zero-order valence-corrected chi connectivity index (χ0v) is 13.1. The van der Waals surface area contributed by atoms with Crippen LogP contribution in [0.2, 0.25) is 5.02 Å². The zero-order valence-electron chi connectivity index (χ0n) is 11.5. The van der Waals surface area contributed by atoms with Crippen LogP contribution in [0.5, 0.6) is 0 Å². The Kier molecular flexibility index (Phi) is 4.83. The predicted molar refractivity (Wildman–Crippen MR) is 80.1 cm³/mol. The first kappa shape index (κ1) is 16.5. The molecule has 22 heavy (non-hydrogen) atoms. The largest absolute Gasteiger partial charge is 0.457 e. The minimum Gasteiger partial charge on any atom is -0.457 e. The topological polar surface area (TPSA) is 60.4 Å². The molecule has 0 aliphatic rings. The summed E-state index contributed by atoms with van der Waals surface area (Å²) < 4.78 is 40.6. The van der Waals surface area contributed by atoms with Gasteiger partial charge in [-0.1, -0.05) is 17.7 Å². The summed E-state index contributed by atoms with van der Waals surface area (Å²) in [6.45, 7) is -0.105. The molecule has 0 spiro atoms. The fourth-order valence-corrected chi connectivity index (χ4v) is 2.56. The molecule has 0 saturated heterocycles. The minimum absolute atomic E-state index is 0.105. The first-order chi connectivity index (χ1) is 10.3. The predicted octanol–water partition coefficient (Wildman–Crippen LogP) is 3.24. The smallest absolute Gasteiger partial charge is 0.338 e. The quantitative estimate of drug-likeness (QED) is 0.800. The molecule has 0 aliphatic carbocycles. The van der Waals surface area contributed by atoms with Crippen molar-refractivity contribution in [1.82, 2.24) is 0 Å². The highest BCUT2D eigenvalue weighted by atomic mass is 35.5. The van der Waals surface area contributed by atoms with Crippen molar-refractivity contribution in [3.05, 3.63) is 64.4 Å². The van der Waals surface area contributed by atoms with Gasteiger partial charge >= 0.3 is 5.97 Å². The van der Waals surface area contributed by atoms with Gasteiger partial charge in [0.2, 0.25) is 0 Å². The van der Waals surface area contributed by atoms with E-state index in [4.69, 9.17) is 16.3 Å². The van der Waals surface area contributed by atoms with Crippen molar-refractivity contribution in [3.8, 4) is 0 Å². The van der Waals surface area contributed by atoms with E-state index < -0.39 is 21.6 Å². The number of hydrogen-bond donors (Lipinski definition) is 0. The second kappa shape index (κ2) is 6.46. The Balaban J connectivity index is 2.06. The first-order valence-electron chi connectivity index (χ1n) is 6.18. The van der Waals surface area contributed by atoms with Crippen LogP contribution in [0.25, 0.3) is 0 Å². The molecular weight excluding hydrogens is 331 g/mol. The van der Waals surface area contributed by atoms with Crippen LogP contribution in [0, 0.1) is 5.82 Å². The fraction of sp³-hybridized carbons (Fsp3) is 0.133. The van der Waals surface area contributed by atoms with Gasteiger partial charge in [-0.2, -0.15) is 0 Å². The van der Waals surface area contributed by atoms with Crippen molar-refractivity contribution in [2.75, 3.05) is 6.26 Å². The molecule has 7 heteroatoms. The van der Waals surface area contributed by atoms with Crippen LogP contribution in [-0.2, 0) is 21.2 Å². The van der Waals surface area contributed by atoms with Gasteiger partial charge in [0.25, 0.3) is 0 Å². The third-order valence-corrected chi connectivity index (χ3v) is 4.37. The molecule has 0 saturated carbocycles. The number of hydrogen-bond acceptors (Lipinski definition) is 4. The molecule has 116 valence electrons. The number of esters is 1. The molecular formula is C15H12ClFO4S. The summed E-state index contributed by atoms with van der Waals surface area (Å²) in [5.41, 5.74) is 0.690. The summed E-state index contributed by atoms with van der Waals surface area (Å²) >= 11 is 5.83. The van der Waals surface area contributed by atoms with Crippen molar-refractivity contribution in [1.29, 1.82) is 0 Å². The molecule has 4 nitrogen and oxygen atoms in total. The molecule has 0 heterocycles. The molecule has 0 amide bonds. The Hall–Kier alpha value is -1.92. The van der Waals surface area contributed by atoms with Crippen molar-refractivity contribution >= 4 is 27.4 Å². The van der Waals surface area contributed by atoms with Crippen molar-refractivity contribution in [2.24, 2.45) is 0 Å². The SMILES string of the molecule is CS(=O)(=O)c1ccc(C(=O)OCc2ccc(F)cc2Cl)cc1. The second-order valence-corrected chi connectivity index (χ2v) is 7.03. The summed E-state index contributed by atoms with van der Waals surface area (Å²) in [4.78, 5) is 12.0. The Morgan fingerprint density at radius 2 is 1.82 bits per heavy atom. The van der Waals surface area contributed by atoms with Gasteiger partial charge in [-0.3, -0.25) is 0 Å². The van der Waals surface area contributed by atoms with Gasteiger partial charge in [-0.05, 0) is 36.4 Å². The summed E-state index contributed by atoms with van der Waals surface area (Å²) in [5, 5.41) is 0.167. The number of rotatable bonds is 4. The number of ether oxygens (including phenoxy) is 1. The summed E-state index contributed by atoms with van der Waals surface area (Å²) in [5.74, 6) is -1.10. The van der Waals surface area contributed by atoms with Crippen LogP contribution in [0.1, 0.15) is 15.9 Å². The van der Waals surface area contributed by atoms with Gasteiger partial charge in [0.1, 0.15) is 12.4 Å². The maximum Gasteiger partial charge on any atom is 0.338 e. The number of sulfone groups is 1. The van der Waals surface area contributed by atoms with E-state index in [-0.39, 0.29) is 22.1 Å². The lowest BCUT2D eigenvalue weighted by atomic mass is 10.2. The molecule has 0 fully saturated rings. The summed E-state index contributed by atoms with van der Waals surface area (Å²) in [7, 11) is -3.32. The maximum atomic E-state index is 12.9. The minimum atomic E-state index is -3.32. The monoisotopic (exact) mass is 342 g/mol. The molecule has 0 atom stereocenters. The van der Waals surface area contributed by atoms with E-state index in [1.165, 1.54) is 36.4 Å². The van der Waals surface area contributed by atoms with E-state index in [9.17, 15) is 17.6 Å². The summed E-state index contributed by atoms with van der Waals surface area (Å²) in [6, 6.07) is 9.17. The molecule has 2 aromatic carbocycles. The number of carbonyl (C=O) groups is 1. The lowest BCUT2D eigenvalue weighted by Gasteiger charge is -2.07. The average molecular weight is 343 g/mol. The highest BCUT2D eigenvalue weighted by Gasteiger charge is 2.12. The van der Waals surface area contributed by atoms with E-state index in [1.54, 1.807) is 0 Å². The van der Waals surface area contributed by atoms with Crippen molar-refractivity contribution < 1.29 is 22.3 Å². The van der Waals surface area contributed by atoms with Crippen LogP contribution in [0.15, 0.2) is 47.4 Å². The van der Waals surface area contributed by atoms with E-state index in [0.29, 0.717) is 5.56 Å². The van der Waals surface area contributed by atoms with Gasteiger partial charge in [0.15, 0.2) is 9.84 Å². The maximum absolute atomic E-state index is 12.9. The Bertz CT molecular complexity index is 801. The van der Waals surface area contributed by atoms with Crippen LogP contribution >= 0.6 is 11.6 Å². The Morgan fingerprint density at radius 1 is 1.18 bits per heavy atom. The number of halogens is 2. The van der Waals surface area contributed by atoms with Crippen LogP contribution in [0.4, 0.5) is 4.39 Å². The lowest BCUT2D eigenvalue weighted by molar-refractivity contribution is 0.0472. The highest BCUT2D eigenvalue weighted by Crippen LogP contribution is 2.19. The van der Waals surface area contributed by atoms with E-state index in [0.717, 1.165) is 12.3 Å². The van der Waals surface area contributed by atoms with E-state index in [2.05, 4.69) is 0 Å². The zero-order chi connectivity index (χ0) is 16.3. The fourth-order valence-electron chi connectivity index (χ4n) is 1.70. The number of carbonyl (C=O) groups excluding carboxylic acids is 1. The molecule has 0 unspecified atom stereocenters. The van der Waals surface area contributed by atoms with Gasteiger partial charge in [-0.15, -0.1) is 0 Å².